The number of fused-ring (bicyclic) bond motifs is 1. The van der Waals surface area contributed by atoms with Crippen LogP contribution in [0.4, 0.5) is 10.2 Å². The Bertz CT molecular complexity index is 1090. The number of rotatable bonds is 5. The Morgan fingerprint density at radius 3 is 2.52 bits per heavy atom. The number of aliphatic imine (C=N–C) groups is 1. The van der Waals surface area contributed by atoms with Gasteiger partial charge in [-0.15, -0.1) is 0 Å². The van der Waals surface area contributed by atoms with E-state index in [1.165, 1.54) is 12.1 Å². The molecular weight excluding hydrogens is 391 g/mol. The number of ether oxygens (including phenoxy) is 1. The van der Waals surface area contributed by atoms with E-state index in [4.69, 9.17) is 15.5 Å². The van der Waals surface area contributed by atoms with Gasteiger partial charge < -0.3 is 10.5 Å². The summed E-state index contributed by atoms with van der Waals surface area (Å²) in [5.41, 5.74) is 8.84. The van der Waals surface area contributed by atoms with Crippen LogP contribution in [0.25, 0.3) is 5.69 Å². The van der Waals surface area contributed by atoms with Crippen molar-refractivity contribution in [2.45, 2.75) is 19.1 Å². The molecule has 2 N–H and O–H groups in total. The fraction of sp³-hybridized carbons (Fsp3) is 0.190. The normalized spacial score (nSPS) is 15.6. The van der Waals surface area contributed by atoms with E-state index in [-0.39, 0.29) is 17.7 Å². The molecule has 1 atom stereocenters. The minimum absolute atomic E-state index is 0.0156. The molecule has 1 amide bonds. The van der Waals surface area contributed by atoms with Crippen LogP contribution < -0.4 is 10.5 Å². The second-order valence-electron chi connectivity index (χ2n) is 6.66. The number of carbonyl (C=O) groups is 1. The highest BCUT2D eigenvalue weighted by Gasteiger charge is 2.30. The van der Waals surface area contributed by atoms with E-state index in [1.807, 2.05) is 38.1 Å². The molecule has 0 bridgehead atoms. The second kappa shape index (κ2) is 7.71. The van der Waals surface area contributed by atoms with E-state index in [9.17, 15) is 9.18 Å². The third kappa shape index (κ3) is 3.88. The second-order valence-corrected chi connectivity index (χ2v) is 7.96. The third-order valence-electron chi connectivity index (χ3n) is 4.53. The van der Waals surface area contributed by atoms with Gasteiger partial charge in [0.05, 0.1) is 21.7 Å². The maximum Gasteiger partial charge on any atom is 0.255 e. The summed E-state index contributed by atoms with van der Waals surface area (Å²) in [6, 6.07) is 13.8. The molecule has 1 aliphatic rings. The summed E-state index contributed by atoms with van der Waals surface area (Å²) in [5, 5.41) is 5.60. The molecule has 1 unspecified atom stereocenters. The molecule has 0 aliphatic carbocycles. The topological polar surface area (TPSA) is 82.5 Å². The van der Waals surface area contributed by atoms with E-state index in [0.717, 1.165) is 33.4 Å². The standard InChI is InChI=1S/C21H19FN4O2S/c1-12-19-20(14-3-9-17(10-4-14)28-11-18(23)27)29-13(2)24-21(19)26(25-12)16-7-5-15(22)6-8-16/h3-10,20H,11H2,1-2H3,(H2,23,27). The van der Waals surface area contributed by atoms with Crippen LogP contribution in [0.2, 0.25) is 0 Å². The first kappa shape index (κ1) is 19.2. The lowest BCUT2D eigenvalue weighted by molar-refractivity contribution is -0.119. The Kier molecular flexibility index (Phi) is 5.10. The van der Waals surface area contributed by atoms with E-state index < -0.39 is 5.91 Å². The SMILES string of the molecule is CC1=Nc2c(c(C)nn2-c2ccc(F)cc2)C(c2ccc(OCC(N)=O)cc2)S1. The number of nitrogens with two attached hydrogens (primary N) is 1. The summed E-state index contributed by atoms with van der Waals surface area (Å²) in [5.74, 6) is 0.526. The summed E-state index contributed by atoms with van der Waals surface area (Å²) < 4.78 is 20.4. The lowest BCUT2D eigenvalue weighted by atomic mass is 10.0. The van der Waals surface area contributed by atoms with E-state index >= 15 is 0 Å². The summed E-state index contributed by atoms with van der Waals surface area (Å²) in [6.45, 7) is 3.76. The van der Waals surface area contributed by atoms with Gasteiger partial charge in [-0.3, -0.25) is 4.79 Å². The molecule has 6 nitrogen and oxygen atoms in total. The number of thioether (sulfide) groups is 1. The van der Waals surface area contributed by atoms with Crippen LogP contribution in [0.3, 0.4) is 0 Å². The predicted octanol–water partition coefficient (Wildman–Crippen LogP) is 4.07. The maximum atomic E-state index is 13.3. The number of primary amides is 1. The van der Waals surface area contributed by atoms with Crippen molar-refractivity contribution in [2.24, 2.45) is 10.7 Å². The van der Waals surface area contributed by atoms with Gasteiger partial charge in [0, 0.05) is 5.56 Å². The Morgan fingerprint density at radius 2 is 1.86 bits per heavy atom. The average molecular weight is 410 g/mol. The zero-order valence-corrected chi connectivity index (χ0v) is 16.7. The molecule has 0 radical (unpaired) electrons. The van der Waals surface area contributed by atoms with Crippen LogP contribution in [-0.4, -0.2) is 27.3 Å². The van der Waals surface area contributed by atoms with Crippen molar-refractivity contribution in [1.29, 1.82) is 0 Å². The first-order valence-corrected chi connectivity index (χ1v) is 9.89. The number of aryl methyl sites for hydroxylation is 1. The lowest BCUT2D eigenvalue weighted by Gasteiger charge is -2.22. The van der Waals surface area contributed by atoms with Crippen molar-refractivity contribution in [2.75, 3.05) is 6.61 Å². The van der Waals surface area contributed by atoms with Crippen LogP contribution >= 0.6 is 11.8 Å². The highest BCUT2D eigenvalue weighted by molar-refractivity contribution is 8.14. The molecule has 0 saturated carbocycles. The van der Waals surface area contributed by atoms with Gasteiger partial charge in [-0.05, 0) is 55.8 Å². The monoisotopic (exact) mass is 410 g/mol. The van der Waals surface area contributed by atoms with Crippen LogP contribution in [0.5, 0.6) is 5.75 Å². The zero-order valence-electron chi connectivity index (χ0n) is 15.9. The van der Waals surface area contributed by atoms with Gasteiger partial charge >= 0.3 is 0 Å². The molecule has 148 valence electrons. The number of nitrogens with zero attached hydrogens (tertiary/aromatic N) is 3. The van der Waals surface area contributed by atoms with Gasteiger partial charge in [-0.2, -0.15) is 5.10 Å². The fourth-order valence-electron chi connectivity index (χ4n) is 3.24. The Morgan fingerprint density at radius 1 is 1.17 bits per heavy atom. The minimum Gasteiger partial charge on any atom is -0.484 e. The summed E-state index contributed by atoms with van der Waals surface area (Å²) in [7, 11) is 0. The van der Waals surface area contributed by atoms with Crippen LogP contribution in [0, 0.1) is 12.7 Å². The van der Waals surface area contributed by atoms with E-state index in [2.05, 4.69) is 5.10 Å². The molecule has 1 aromatic heterocycles. The summed E-state index contributed by atoms with van der Waals surface area (Å²) in [4.78, 5) is 15.6. The van der Waals surface area contributed by atoms with E-state index in [1.54, 1.807) is 28.6 Å². The molecule has 1 aliphatic heterocycles. The molecular formula is C21H19FN4O2S. The number of halogens is 1. The zero-order chi connectivity index (χ0) is 20.5. The Hall–Kier alpha value is -3.13. The number of carbonyl (C=O) groups excluding carboxylic acids is 1. The molecule has 4 rings (SSSR count). The average Bonchev–Trinajstić information content (AvgIpc) is 3.03. The molecule has 0 fully saturated rings. The largest absolute Gasteiger partial charge is 0.484 e. The third-order valence-corrected chi connectivity index (χ3v) is 5.71. The molecule has 29 heavy (non-hydrogen) atoms. The molecule has 0 saturated heterocycles. The first-order valence-electron chi connectivity index (χ1n) is 9.01. The maximum absolute atomic E-state index is 13.3. The fourth-order valence-corrected chi connectivity index (χ4v) is 4.40. The van der Waals surface area contributed by atoms with Crippen LogP contribution in [-0.2, 0) is 4.79 Å². The van der Waals surface area contributed by atoms with Gasteiger partial charge in [-0.25, -0.2) is 14.1 Å². The summed E-state index contributed by atoms with van der Waals surface area (Å²) in [6.07, 6.45) is 0. The van der Waals surface area contributed by atoms with Gasteiger partial charge in [0.15, 0.2) is 12.4 Å². The molecule has 0 spiro atoms. The number of benzene rings is 2. The number of hydrogen-bond acceptors (Lipinski definition) is 5. The van der Waals surface area contributed by atoms with Crippen molar-refractivity contribution in [1.82, 2.24) is 9.78 Å². The van der Waals surface area contributed by atoms with E-state index in [0.29, 0.717) is 5.75 Å². The number of aromatic nitrogens is 2. The van der Waals surface area contributed by atoms with Gasteiger partial charge in [0.1, 0.15) is 11.6 Å². The predicted molar refractivity (Wildman–Crippen MR) is 112 cm³/mol. The highest BCUT2D eigenvalue weighted by Crippen LogP contribution is 2.47. The van der Waals surface area contributed by atoms with Crippen LogP contribution in [0.15, 0.2) is 53.5 Å². The number of hydrogen-bond donors (Lipinski definition) is 1. The minimum atomic E-state index is -0.516. The first-order chi connectivity index (χ1) is 13.9. The van der Waals surface area contributed by atoms with Crippen molar-refractivity contribution >= 4 is 28.5 Å². The van der Waals surface area contributed by atoms with Gasteiger partial charge in [0.2, 0.25) is 0 Å². The van der Waals surface area contributed by atoms with Crippen molar-refractivity contribution < 1.29 is 13.9 Å². The van der Waals surface area contributed by atoms with Gasteiger partial charge in [-0.1, -0.05) is 23.9 Å². The van der Waals surface area contributed by atoms with Crippen molar-refractivity contribution in [3.63, 3.8) is 0 Å². The van der Waals surface area contributed by atoms with Crippen molar-refractivity contribution in [3.05, 3.63) is 71.2 Å². The highest BCUT2D eigenvalue weighted by atomic mass is 32.2. The smallest absolute Gasteiger partial charge is 0.255 e. The summed E-state index contributed by atoms with van der Waals surface area (Å²) >= 11 is 1.65. The van der Waals surface area contributed by atoms with Gasteiger partial charge in [0.25, 0.3) is 5.91 Å². The quantitative estimate of drug-likeness (QED) is 0.687. The van der Waals surface area contributed by atoms with Crippen molar-refractivity contribution in [3.8, 4) is 11.4 Å². The Labute approximate surface area is 171 Å². The van der Waals surface area contributed by atoms with Crippen LogP contribution in [0.1, 0.15) is 29.0 Å². The molecule has 3 aromatic rings. The molecule has 2 aromatic carbocycles. The molecule has 2 heterocycles. The molecule has 8 heteroatoms. The Balaban J connectivity index is 1.71. The lowest BCUT2D eigenvalue weighted by Crippen LogP contribution is -2.20. The number of amides is 1.